The molecule has 1 aliphatic carbocycles. The highest BCUT2D eigenvalue weighted by atomic mass is 19.1. The van der Waals surface area contributed by atoms with Crippen LogP contribution in [0.15, 0.2) is 24.3 Å². The van der Waals surface area contributed by atoms with E-state index in [1.54, 1.807) is 12.1 Å². The van der Waals surface area contributed by atoms with Gasteiger partial charge < -0.3 is 11.1 Å². The minimum Gasteiger partial charge on any atom is -0.355 e. The number of carbonyl (C=O) groups is 1. The molecule has 0 spiro atoms. The zero-order valence-electron chi connectivity index (χ0n) is 10.4. The minimum absolute atomic E-state index is 0.0697. The van der Waals surface area contributed by atoms with Gasteiger partial charge in [-0.2, -0.15) is 0 Å². The first-order valence-corrected chi connectivity index (χ1v) is 6.42. The summed E-state index contributed by atoms with van der Waals surface area (Å²) in [5.41, 5.74) is 6.63. The quantitative estimate of drug-likeness (QED) is 0.853. The normalized spacial score (nSPS) is 23.0. The van der Waals surface area contributed by atoms with Crippen molar-refractivity contribution < 1.29 is 9.18 Å². The molecule has 3 N–H and O–H groups in total. The smallest absolute Gasteiger partial charge is 0.224 e. The SMILES string of the molecule is NC1CCCC1CNC(=O)Cc1cccc(F)c1. The van der Waals surface area contributed by atoms with Crippen molar-refractivity contribution in [2.45, 2.75) is 31.7 Å². The molecule has 0 aliphatic heterocycles. The van der Waals surface area contributed by atoms with Gasteiger partial charge in [-0.15, -0.1) is 0 Å². The average molecular weight is 250 g/mol. The van der Waals surface area contributed by atoms with Gasteiger partial charge in [-0.25, -0.2) is 4.39 Å². The summed E-state index contributed by atoms with van der Waals surface area (Å²) in [6, 6.07) is 6.34. The van der Waals surface area contributed by atoms with Gasteiger partial charge in [-0.05, 0) is 36.5 Å². The van der Waals surface area contributed by atoms with E-state index in [4.69, 9.17) is 5.73 Å². The van der Waals surface area contributed by atoms with Gasteiger partial charge in [0.1, 0.15) is 5.82 Å². The third-order valence-electron chi connectivity index (χ3n) is 3.53. The third kappa shape index (κ3) is 3.53. The maximum absolute atomic E-state index is 13.0. The molecule has 0 aromatic heterocycles. The van der Waals surface area contributed by atoms with Crippen molar-refractivity contribution in [1.29, 1.82) is 0 Å². The van der Waals surface area contributed by atoms with Crippen molar-refractivity contribution in [3.63, 3.8) is 0 Å². The van der Waals surface area contributed by atoms with E-state index in [1.807, 2.05) is 0 Å². The third-order valence-corrected chi connectivity index (χ3v) is 3.53. The van der Waals surface area contributed by atoms with E-state index in [2.05, 4.69) is 5.32 Å². The monoisotopic (exact) mass is 250 g/mol. The lowest BCUT2D eigenvalue weighted by Crippen LogP contribution is -2.36. The number of amides is 1. The van der Waals surface area contributed by atoms with Gasteiger partial charge in [-0.3, -0.25) is 4.79 Å². The summed E-state index contributed by atoms with van der Waals surface area (Å²) >= 11 is 0. The topological polar surface area (TPSA) is 55.1 Å². The van der Waals surface area contributed by atoms with Gasteiger partial charge in [0.25, 0.3) is 0 Å². The van der Waals surface area contributed by atoms with Crippen LogP contribution in [0.2, 0.25) is 0 Å². The van der Waals surface area contributed by atoms with Crippen LogP contribution in [0.25, 0.3) is 0 Å². The lowest BCUT2D eigenvalue weighted by Gasteiger charge is -2.15. The van der Waals surface area contributed by atoms with Crippen LogP contribution >= 0.6 is 0 Å². The van der Waals surface area contributed by atoms with Crippen LogP contribution in [0.3, 0.4) is 0 Å². The molecule has 0 heterocycles. The zero-order valence-corrected chi connectivity index (χ0v) is 10.4. The molecule has 1 aliphatic rings. The van der Waals surface area contributed by atoms with Crippen molar-refractivity contribution in [2.24, 2.45) is 11.7 Å². The molecular formula is C14H19FN2O. The zero-order chi connectivity index (χ0) is 13.0. The number of carbonyl (C=O) groups excluding carboxylic acids is 1. The van der Waals surface area contributed by atoms with Crippen LogP contribution in [0.5, 0.6) is 0 Å². The van der Waals surface area contributed by atoms with E-state index in [0.717, 1.165) is 19.3 Å². The van der Waals surface area contributed by atoms with E-state index < -0.39 is 0 Å². The van der Waals surface area contributed by atoms with Crippen LogP contribution in [-0.4, -0.2) is 18.5 Å². The van der Waals surface area contributed by atoms with Gasteiger partial charge in [0, 0.05) is 12.6 Å². The summed E-state index contributed by atoms with van der Waals surface area (Å²) in [7, 11) is 0. The van der Waals surface area contributed by atoms with Gasteiger partial charge in [-0.1, -0.05) is 18.6 Å². The molecule has 2 atom stereocenters. The summed E-state index contributed by atoms with van der Waals surface area (Å²) in [4.78, 5) is 11.7. The lowest BCUT2D eigenvalue weighted by molar-refractivity contribution is -0.120. The lowest BCUT2D eigenvalue weighted by atomic mass is 10.0. The summed E-state index contributed by atoms with van der Waals surface area (Å²) < 4.78 is 13.0. The highest BCUT2D eigenvalue weighted by molar-refractivity contribution is 5.78. The van der Waals surface area contributed by atoms with Gasteiger partial charge in [0.2, 0.25) is 5.91 Å². The number of benzene rings is 1. The Morgan fingerprint density at radius 3 is 2.94 bits per heavy atom. The molecule has 1 fully saturated rings. The predicted octanol–water partition coefficient (Wildman–Crippen LogP) is 1.61. The molecule has 2 rings (SSSR count). The minimum atomic E-state index is -0.307. The summed E-state index contributed by atoms with van der Waals surface area (Å²) in [5, 5.41) is 2.88. The second-order valence-electron chi connectivity index (χ2n) is 4.97. The molecule has 3 nitrogen and oxygen atoms in total. The fourth-order valence-corrected chi connectivity index (χ4v) is 2.46. The molecule has 4 heteroatoms. The highest BCUT2D eigenvalue weighted by Crippen LogP contribution is 2.22. The molecular weight excluding hydrogens is 231 g/mol. The van der Waals surface area contributed by atoms with Gasteiger partial charge >= 0.3 is 0 Å². The summed E-state index contributed by atoms with van der Waals surface area (Å²) in [5.74, 6) is 0.0132. The van der Waals surface area contributed by atoms with E-state index in [0.29, 0.717) is 18.0 Å². The first kappa shape index (κ1) is 13.0. The van der Waals surface area contributed by atoms with Crippen LogP contribution in [0.1, 0.15) is 24.8 Å². The Hall–Kier alpha value is -1.42. The van der Waals surface area contributed by atoms with Crippen molar-refractivity contribution in [2.75, 3.05) is 6.54 Å². The maximum atomic E-state index is 13.0. The second kappa shape index (κ2) is 5.96. The van der Waals surface area contributed by atoms with Crippen LogP contribution in [-0.2, 0) is 11.2 Å². The Balaban J connectivity index is 1.78. The molecule has 0 saturated heterocycles. The largest absolute Gasteiger partial charge is 0.355 e. The molecule has 1 aromatic carbocycles. The number of rotatable bonds is 4. The fraction of sp³-hybridized carbons (Fsp3) is 0.500. The number of nitrogens with one attached hydrogen (secondary N) is 1. The number of hydrogen-bond donors (Lipinski definition) is 2. The first-order chi connectivity index (χ1) is 8.65. The van der Waals surface area contributed by atoms with E-state index in [9.17, 15) is 9.18 Å². The fourth-order valence-electron chi connectivity index (χ4n) is 2.46. The number of nitrogens with two attached hydrogens (primary N) is 1. The van der Waals surface area contributed by atoms with Crippen molar-refractivity contribution in [3.05, 3.63) is 35.6 Å². The molecule has 1 saturated carbocycles. The Kier molecular flexibility index (Phi) is 4.31. The summed E-state index contributed by atoms with van der Waals surface area (Å²) in [6.07, 6.45) is 3.50. The first-order valence-electron chi connectivity index (χ1n) is 6.42. The standard InChI is InChI=1S/C14H19FN2O/c15-12-5-1-3-10(7-12)8-14(18)17-9-11-4-2-6-13(11)16/h1,3,5,7,11,13H,2,4,6,8-9,16H2,(H,17,18). The average Bonchev–Trinajstić information content (AvgIpc) is 2.72. The molecule has 0 bridgehead atoms. The molecule has 98 valence electrons. The number of hydrogen-bond acceptors (Lipinski definition) is 2. The Morgan fingerprint density at radius 1 is 1.44 bits per heavy atom. The van der Waals surface area contributed by atoms with E-state index in [1.165, 1.54) is 12.1 Å². The molecule has 18 heavy (non-hydrogen) atoms. The Morgan fingerprint density at radius 2 is 2.28 bits per heavy atom. The Bertz CT molecular complexity index is 422. The van der Waals surface area contributed by atoms with Crippen LogP contribution in [0.4, 0.5) is 4.39 Å². The highest BCUT2D eigenvalue weighted by Gasteiger charge is 2.23. The van der Waals surface area contributed by atoms with Crippen molar-refractivity contribution in [1.82, 2.24) is 5.32 Å². The van der Waals surface area contributed by atoms with Crippen molar-refractivity contribution >= 4 is 5.91 Å². The molecule has 1 amide bonds. The predicted molar refractivity (Wildman–Crippen MR) is 68.4 cm³/mol. The van der Waals surface area contributed by atoms with Crippen LogP contribution < -0.4 is 11.1 Å². The van der Waals surface area contributed by atoms with Crippen LogP contribution in [0, 0.1) is 11.7 Å². The summed E-state index contributed by atoms with van der Waals surface area (Å²) in [6.45, 7) is 0.634. The van der Waals surface area contributed by atoms with Crippen molar-refractivity contribution in [3.8, 4) is 0 Å². The van der Waals surface area contributed by atoms with E-state index >= 15 is 0 Å². The molecule has 1 aromatic rings. The number of halogens is 1. The van der Waals surface area contributed by atoms with Gasteiger partial charge in [0.05, 0.1) is 6.42 Å². The molecule has 0 radical (unpaired) electrons. The second-order valence-corrected chi connectivity index (χ2v) is 4.97. The maximum Gasteiger partial charge on any atom is 0.224 e. The molecule has 2 unspecified atom stereocenters. The van der Waals surface area contributed by atoms with Gasteiger partial charge in [0.15, 0.2) is 0 Å². The van der Waals surface area contributed by atoms with E-state index in [-0.39, 0.29) is 24.2 Å². The Labute approximate surface area is 107 Å².